The number of nitrogens with one attached hydrogen (secondary N) is 1. The van der Waals surface area contributed by atoms with Crippen LogP contribution in [-0.2, 0) is 16.0 Å². The topological polar surface area (TPSA) is 89.4 Å². The minimum Gasteiger partial charge on any atom is -0.497 e. The van der Waals surface area contributed by atoms with Gasteiger partial charge in [-0.15, -0.1) is 0 Å². The maximum Gasteiger partial charge on any atom is 0.252 e. The minimum absolute atomic E-state index is 0.0652. The fourth-order valence-corrected chi connectivity index (χ4v) is 6.14. The van der Waals surface area contributed by atoms with E-state index in [-0.39, 0.29) is 18.4 Å². The molecule has 2 atom stereocenters. The van der Waals surface area contributed by atoms with Crippen molar-refractivity contribution in [3.63, 3.8) is 0 Å². The lowest BCUT2D eigenvalue weighted by Gasteiger charge is -2.32. The van der Waals surface area contributed by atoms with Crippen LogP contribution in [0, 0.1) is 0 Å². The van der Waals surface area contributed by atoms with Crippen molar-refractivity contribution in [3.8, 4) is 11.5 Å². The molecule has 1 aliphatic heterocycles. The van der Waals surface area contributed by atoms with Crippen LogP contribution in [0.3, 0.4) is 0 Å². The number of ether oxygens (including phenoxy) is 3. The number of amides is 1. The summed E-state index contributed by atoms with van der Waals surface area (Å²) in [6.07, 6.45) is 0.122. The van der Waals surface area contributed by atoms with Gasteiger partial charge in [0.1, 0.15) is 11.5 Å². The largest absolute Gasteiger partial charge is 0.497 e. The summed E-state index contributed by atoms with van der Waals surface area (Å²) in [5, 5.41) is 12.4. The Labute approximate surface area is 281 Å². The summed E-state index contributed by atoms with van der Waals surface area (Å²) >= 11 is 0. The van der Waals surface area contributed by atoms with Crippen LogP contribution in [0.15, 0.2) is 145 Å². The van der Waals surface area contributed by atoms with Crippen molar-refractivity contribution in [2.45, 2.75) is 30.4 Å². The van der Waals surface area contributed by atoms with E-state index in [4.69, 9.17) is 24.3 Å². The van der Waals surface area contributed by atoms with Crippen LogP contribution >= 0.6 is 0 Å². The lowest BCUT2D eigenvalue weighted by atomic mass is 9.81. The van der Waals surface area contributed by atoms with Gasteiger partial charge in [0.05, 0.1) is 13.7 Å². The van der Waals surface area contributed by atoms with Crippen molar-refractivity contribution < 1.29 is 24.1 Å². The maximum atomic E-state index is 14.9. The Bertz CT molecular complexity index is 1760. The Balaban J connectivity index is 1.40. The van der Waals surface area contributed by atoms with Gasteiger partial charge >= 0.3 is 0 Å². The second-order valence-corrected chi connectivity index (χ2v) is 11.8. The van der Waals surface area contributed by atoms with Crippen molar-refractivity contribution in [1.82, 2.24) is 5.32 Å². The number of benzene rings is 5. The predicted molar refractivity (Wildman–Crippen MR) is 188 cm³/mol. The second-order valence-electron chi connectivity index (χ2n) is 11.8. The number of carbonyl (C=O) groups excluding carboxylic acids is 1. The summed E-state index contributed by atoms with van der Waals surface area (Å²) in [5.41, 5.74) is 3.36. The van der Waals surface area contributed by atoms with Crippen LogP contribution in [0.2, 0.25) is 0 Å². The average molecular weight is 641 g/mol. The van der Waals surface area contributed by atoms with E-state index in [0.717, 1.165) is 27.8 Å². The molecule has 5 aromatic rings. The van der Waals surface area contributed by atoms with E-state index in [1.54, 1.807) is 7.11 Å². The third-order valence-electron chi connectivity index (χ3n) is 8.61. The molecule has 0 bridgehead atoms. The zero-order chi connectivity index (χ0) is 33.2. The molecule has 7 heteroatoms. The number of hydrogen-bond donors (Lipinski definition) is 2. The summed E-state index contributed by atoms with van der Waals surface area (Å²) in [6.45, 7) is 0.856. The maximum absolute atomic E-state index is 14.9. The first kappa shape index (κ1) is 32.5. The molecule has 1 heterocycles. The number of aliphatic imine (C=N–C) groups is 1. The second kappa shape index (κ2) is 15.5. The van der Waals surface area contributed by atoms with Crippen LogP contribution in [0.4, 0.5) is 0 Å². The minimum atomic E-state index is -1.34. The third-order valence-corrected chi connectivity index (χ3v) is 8.61. The number of carbonyl (C=O) groups is 1. The highest BCUT2D eigenvalue weighted by Gasteiger charge is 2.53. The van der Waals surface area contributed by atoms with Gasteiger partial charge in [-0.1, -0.05) is 103 Å². The van der Waals surface area contributed by atoms with Gasteiger partial charge in [0.15, 0.2) is 11.6 Å². The molecule has 0 radical (unpaired) electrons. The van der Waals surface area contributed by atoms with E-state index in [1.165, 1.54) is 0 Å². The number of methoxy groups -OCH3 is 1. The van der Waals surface area contributed by atoms with Crippen LogP contribution in [0.1, 0.15) is 46.3 Å². The Morgan fingerprint density at radius 2 is 1.48 bits per heavy atom. The van der Waals surface area contributed by atoms with Crippen molar-refractivity contribution in [2.24, 2.45) is 4.99 Å². The standard InChI is InChI=1S/C41H40N2O5/c1-46-36-20-11-19-34(27-36)38-41(28-30-13-5-2-6-14-30,43-39(48-38)33-21-23-35(24-22-33)47-26-12-25-44)40(45)42-29-37(31-15-7-3-8-16-31)32-17-9-4-10-18-32/h2-11,13-24,27,37-38,44H,12,25-26,28-29H2,1H3,(H,42,45)/t38-,41-/m1/s1. The number of hydrogen-bond acceptors (Lipinski definition) is 6. The molecule has 5 aromatic carbocycles. The molecule has 48 heavy (non-hydrogen) atoms. The van der Waals surface area contributed by atoms with E-state index in [9.17, 15) is 4.79 Å². The van der Waals surface area contributed by atoms with Gasteiger partial charge in [-0.05, 0) is 58.7 Å². The Kier molecular flexibility index (Phi) is 10.5. The van der Waals surface area contributed by atoms with Crippen LogP contribution in [-0.4, -0.2) is 49.3 Å². The van der Waals surface area contributed by atoms with E-state index < -0.39 is 11.6 Å². The third kappa shape index (κ3) is 7.42. The molecule has 1 aliphatic rings. The Morgan fingerprint density at radius 3 is 2.10 bits per heavy atom. The summed E-state index contributed by atoms with van der Waals surface area (Å²) in [6, 6.07) is 45.5. The van der Waals surface area contributed by atoms with Crippen molar-refractivity contribution in [1.29, 1.82) is 0 Å². The molecule has 0 fully saturated rings. The van der Waals surface area contributed by atoms with E-state index in [1.807, 2.05) is 115 Å². The molecule has 0 unspecified atom stereocenters. The number of nitrogens with zero attached hydrogens (tertiary/aromatic N) is 1. The zero-order valence-electron chi connectivity index (χ0n) is 27.0. The van der Waals surface area contributed by atoms with Crippen molar-refractivity contribution >= 4 is 11.8 Å². The van der Waals surface area contributed by atoms with Gasteiger partial charge in [0.2, 0.25) is 5.90 Å². The lowest BCUT2D eigenvalue weighted by molar-refractivity contribution is -0.129. The number of aliphatic hydroxyl groups excluding tert-OH is 1. The van der Waals surface area contributed by atoms with Gasteiger partial charge in [0.25, 0.3) is 5.91 Å². The van der Waals surface area contributed by atoms with Gasteiger partial charge in [-0.3, -0.25) is 4.79 Å². The van der Waals surface area contributed by atoms with Gasteiger partial charge in [0, 0.05) is 37.5 Å². The van der Waals surface area contributed by atoms with Gasteiger partial charge < -0.3 is 24.6 Å². The van der Waals surface area contributed by atoms with Crippen molar-refractivity contribution in [2.75, 3.05) is 26.9 Å². The number of rotatable bonds is 14. The normalized spacial score (nSPS) is 17.0. The zero-order valence-corrected chi connectivity index (χ0v) is 27.0. The van der Waals surface area contributed by atoms with Gasteiger partial charge in [-0.25, -0.2) is 4.99 Å². The van der Waals surface area contributed by atoms with Gasteiger partial charge in [-0.2, -0.15) is 0 Å². The van der Waals surface area contributed by atoms with E-state index in [2.05, 4.69) is 29.6 Å². The van der Waals surface area contributed by atoms with E-state index in [0.29, 0.717) is 43.4 Å². The predicted octanol–water partition coefficient (Wildman–Crippen LogP) is 6.90. The monoisotopic (exact) mass is 640 g/mol. The molecule has 0 aliphatic carbocycles. The Morgan fingerprint density at radius 1 is 0.833 bits per heavy atom. The molecule has 244 valence electrons. The highest BCUT2D eigenvalue weighted by Crippen LogP contribution is 2.43. The molecule has 0 spiro atoms. The molecular formula is C41H40N2O5. The molecule has 6 rings (SSSR count). The van der Waals surface area contributed by atoms with Crippen LogP contribution in [0.25, 0.3) is 0 Å². The first-order valence-electron chi connectivity index (χ1n) is 16.3. The number of aliphatic hydroxyl groups is 1. The smallest absolute Gasteiger partial charge is 0.252 e. The quantitative estimate of drug-likeness (QED) is 0.129. The molecule has 0 saturated heterocycles. The molecule has 0 aromatic heterocycles. The van der Waals surface area contributed by atoms with E-state index >= 15 is 0 Å². The lowest BCUT2D eigenvalue weighted by Crippen LogP contribution is -2.50. The average Bonchev–Trinajstić information content (AvgIpc) is 3.53. The molecule has 2 N–H and O–H groups in total. The molecule has 0 saturated carbocycles. The molecular weight excluding hydrogens is 600 g/mol. The highest BCUT2D eigenvalue weighted by molar-refractivity contribution is 6.01. The fourth-order valence-electron chi connectivity index (χ4n) is 6.14. The van der Waals surface area contributed by atoms with Crippen LogP contribution < -0.4 is 14.8 Å². The summed E-state index contributed by atoms with van der Waals surface area (Å²) in [4.78, 5) is 20.1. The SMILES string of the molecule is COc1cccc([C@H]2OC(c3ccc(OCCCO)cc3)=N[C@@]2(Cc2ccccc2)C(=O)NCC(c2ccccc2)c2ccccc2)c1. The fraction of sp³-hybridized carbons (Fsp3) is 0.220. The first-order chi connectivity index (χ1) is 23.6. The molecule has 7 nitrogen and oxygen atoms in total. The summed E-state index contributed by atoms with van der Waals surface area (Å²) in [7, 11) is 1.62. The van der Waals surface area contributed by atoms with Crippen molar-refractivity contribution in [3.05, 3.63) is 167 Å². The summed E-state index contributed by atoms with van der Waals surface area (Å²) < 4.78 is 18.0. The molecule has 1 amide bonds. The van der Waals surface area contributed by atoms with Crippen LogP contribution in [0.5, 0.6) is 11.5 Å². The highest BCUT2D eigenvalue weighted by atomic mass is 16.5. The Hall–Kier alpha value is -5.40. The summed E-state index contributed by atoms with van der Waals surface area (Å²) in [5.74, 6) is 1.42. The first-order valence-corrected chi connectivity index (χ1v) is 16.3.